The van der Waals surface area contributed by atoms with Crippen LogP contribution in [0, 0.1) is 0 Å². The van der Waals surface area contributed by atoms with Crippen molar-refractivity contribution in [3.05, 3.63) is 53.7 Å². The highest BCUT2D eigenvalue weighted by Crippen LogP contribution is 2.23. The van der Waals surface area contributed by atoms with Crippen LogP contribution in [0.3, 0.4) is 0 Å². The van der Waals surface area contributed by atoms with E-state index in [2.05, 4.69) is 10.1 Å². The van der Waals surface area contributed by atoms with E-state index in [0.717, 1.165) is 16.4 Å². The normalized spacial score (nSPS) is 10.6. The molecular formula is C14H11N3OS. The van der Waals surface area contributed by atoms with Gasteiger partial charge in [-0.05, 0) is 6.92 Å². The maximum Gasteiger partial charge on any atom is 0.210 e. The molecule has 2 aromatic heterocycles. The Morgan fingerprint density at radius 1 is 1.26 bits per heavy atom. The minimum Gasteiger partial charge on any atom is -0.294 e. The van der Waals surface area contributed by atoms with Crippen molar-refractivity contribution in [2.24, 2.45) is 0 Å². The SMILES string of the molecule is CC(=O)c1cnn(-c2nc(-c3ccccc3)cs2)c1. The molecule has 2 heterocycles. The Bertz CT molecular complexity index is 715. The third-order valence-electron chi connectivity index (χ3n) is 2.75. The second-order valence-corrected chi connectivity index (χ2v) is 4.95. The molecule has 0 aliphatic carbocycles. The van der Waals surface area contributed by atoms with Crippen molar-refractivity contribution >= 4 is 17.1 Å². The molecule has 4 nitrogen and oxygen atoms in total. The van der Waals surface area contributed by atoms with Crippen molar-refractivity contribution in [2.45, 2.75) is 6.92 Å². The number of nitrogens with zero attached hydrogens (tertiary/aromatic N) is 3. The van der Waals surface area contributed by atoms with Crippen molar-refractivity contribution < 1.29 is 4.79 Å². The summed E-state index contributed by atoms with van der Waals surface area (Å²) in [5.41, 5.74) is 2.58. The first-order valence-electron chi connectivity index (χ1n) is 5.81. The molecule has 0 bridgehead atoms. The summed E-state index contributed by atoms with van der Waals surface area (Å²) in [5, 5.41) is 6.90. The third-order valence-corrected chi connectivity index (χ3v) is 3.58. The number of hydrogen-bond donors (Lipinski definition) is 0. The molecule has 0 unspecified atom stereocenters. The summed E-state index contributed by atoms with van der Waals surface area (Å²) in [6, 6.07) is 9.97. The van der Waals surface area contributed by atoms with Crippen LogP contribution >= 0.6 is 11.3 Å². The Morgan fingerprint density at radius 2 is 2.05 bits per heavy atom. The number of carbonyl (C=O) groups is 1. The molecule has 0 N–H and O–H groups in total. The summed E-state index contributed by atoms with van der Waals surface area (Å²) in [6.07, 6.45) is 3.27. The smallest absolute Gasteiger partial charge is 0.210 e. The average molecular weight is 269 g/mol. The van der Waals surface area contributed by atoms with Gasteiger partial charge in [0.25, 0.3) is 0 Å². The lowest BCUT2D eigenvalue weighted by Gasteiger charge is -1.95. The van der Waals surface area contributed by atoms with Crippen LogP contribution in [0.2, 0.25) is 0 Å². The van der Waals surface area contributed by atoms with Crippen LogP contribution in [-0.4, -0.2) is 20.5 Å². The highest BCUT2D eigenvalue weighted by molar-refractivity contribution is 7.12. The van der Waals surface area contributed by atoms with Gasteiger partial charge in [-0.2, -0.15) is 5.10 Å². The summed E-state index contributed by atoms with van der Waals surface area (Å²) in [4.78, 5) is 15.8. The third kappa shape index (κ3) is 2.32. The zero-order valence-corrected chi connectivity index (χ0v) is 11.1. The van der Waals surface area contributed by atoms with Crippen LogP contribution in [0.15, 0.2) is 48.1 Å². The van der Waals surface area contributed by atoms with Crippen LogP contribution < -0.4 is 0 Å². The standard InChI is InChI=1S/C14H11N3OS/c1-10(18)12-7-15-17(8-12)14-16-13(9-19-14)11-5-3-2-4-6-11/h2-9H,1H3. The first-order chi connectivity index (χ1) is 9.24. The Labute approximate surface area is 114 Å². The highest BCUT2D eigenvalue weighted by atomic mass is 32.1. The van der Waals surface area contributed by atoms with Crippen molar-refractivity contribution in [1.29, 1.82) is 0 Å². The van der Waals surface area contributed by atoms with Gasteiger partial charge in [-0.15, -0.1) is 11.3 Å². The van der Waals surface area contributed by atoms with Gasteiger partial charge in [0.1, 0.15) is 0 Å². The van der Waals surface area contributed by atoms with Gasteiger partial charge < -0.3 is 0 Å². The number of aromatic nitrogens is 3. The lowest BCUT2D eigenvalue weighted by molar-refractivity contribution is 0.101. The van der Waals surface area contributed by atoms with Crippen LogP contribution in [0.5, 0.6) is 0 Å². The number of thiazole rings is 1. The molecule has 5 heteroatoms. The Kier molecular flexibility index (Phi) is 2.97. The molecule has 0 aliphatic heterocycles. The van der Waals surface area contributed by atoms with Gasteiger partial charge >= 0.3 is 0 Å². The Balaban J connectivity index is 1.94. The molecule has 0 spiro atoms. The van der Waals surface area contributed by atoms with E-state index in [1.165, 1.54) is 18.3 Å². The van der Waals surface area contributed by atoms with E-state index >= 15 is 0 Å². The Hall–Kier alpha value is -2.27. The van der Waals surface area contributed by atoms with Gasteiger partial charge in [-0.25, -0.2) is 9.67 Å². The fourth-order valence-corrected chi connectivity index (χ4v) is 2.48. The van der Waals surface area contributed by atoms with Gasteiger partial charge in [0.05, 0.1) is 17.5 Å². The molecule has 0 radical (unpaired) electrons. The zero-order chi connectivity index (χ0) is 13.2. The van der Waals surface area contributed by atoms with Gasteiger partial charge in [0.15, 0.2) is 5.78 Å². The molecule has 19 heavy (non-hydrogen) atoms. The molecule has 0 aliphatic rings. The number of hydrogen-bond acceptors (Lipinski definition) is 4. The van der Waals surface area contributed by atoms with Crippen molar-refractivity contribution in [3.63, 3.8) is 0 Å². The molecule has 94 valence electrons. The van der Waals surface area contributed by atoms with E-state index < -0.39 is 0 Å². The second-order valence-electron chi connectivity index (χ2n) is 4.11. The van der Waals surface area contributed by atoms with Gasteiger partial charge in [0, 0.05) is 17.1 Å². The lowest BCUT2D eigenvalue weighted by atomic mass is 10.2. The van der Waals surface area contributed by atoms with E-state index in [9.17, 15) is 4.79 Å². The summed E-state index contributed by atoms with van der Waals surface area (Å²) in [7, 11) is 0. The molecule has 0 fully saturated rings. The number of ketones is 1. The topological polar surface area (TPSA) is 47.8 Å². The second kappa shape index (κ2) is 4.78. The molecule has 3 aromatic rings. The van der Waals surface area contributed by atoms with Crippen molar-refractivity contribution in [3.8, 4) is 16.4 Å². The first-order valence-corrected chi connectivity index (χ1v) is 6.69. The van der Waals surface area contributed by atoms with E-state index in [1.54, 1.807) is 17.1 Å². The minimum atomic E-state index is 0.00564. The van der Waals surface area contributed by atoms with Gasteiger partial charge in [-0.3, -0.25) is 4.79 Å². The molecule has 3 rings (SSSR count). The van der Waals surface area contributed by atoms with Crippen LogP contribution in [0.25, 0.3) is 16.4 Å². The van der Waals surface area contributed by atoms with Crippen LogP contribution in [-0.2, 0) is 0 Å². The summed E-state index contributed by atoms with van der Waals surface area (Å²) in [5.74, 6) is 0.00564. The zero-order valence-electron chi connectivity index (χ0n) is 10.3. The molecule has 0 saturated heterocycles. The number of benzene rings is 1. The molecule has 0 amide bonds. The van der Waals surface area contributed by atoms with Crippen molar-refractivity contribution in [1.82, 2.24) is 14.8 Å². The maximum atomic E-state index is 11.2. The average Bonchev–Trinajstić information content (AvgIpc) is 3.09. The van der Waals surface area contributed by atoms with Crippen LogP contribution in [0.4, 0.5) is 0 Å². The molecular weight excluding hydrogens is 258 g/mol. The number of carbonyl (C=O) groups excluding carboxylic acids is 1. The van der Waals surface area contributed by atoms with E-state index in [-0.39, 0.29) is 5.78 Å². The minimum absolute atomic E-state index is 0.00564. The fraction of sp³-hybridized carbons (Fsp3) is 0.0714. The molecule has 1 aromatic carbocycles. The maximum absolute atomic E-state index is 11.2. The lowest BCUT2D eigenvalue weighted by Crippen LogP contribution is -1.93. The molecule has 0 saturated carbocycles. The highest BCUT2D eigenvalue weighted by Gasteiger charge is 2.09. The predicted octanol–water partition coefficient (Wildman–Crippen LogP) is 3.20. The van der Waals surface area contributed by atoms with E-state index in [0.29, 0.717) is 5.56 Å². The first kappa shape index (κ1) is 11.8. The van der Waals surface area contributed by atoms with Gasteiger partial charge in [-0.1, -0.05) is 30.3 Å². The predicted molar refractivity (Wildman–Crippen MR) is 74.7 cm³/mol. The number of Topliss-reactive ketones (excluding diaryl/α,β-unsaturated/α-hetero) is 1. The largest absolute Gasteiger partial charge is 0.294 e. The molecule has 0 atom stereocenters. The monoisotopic (exact) mass is 269 g/mol. The quantitative estimate of drug-likeness (QED) is 0.686. The van der Waals surface area contributed by atoms with Crippen LogP contribution in [0.1, 0.15) is 17.3 Å². The number of rotatable bonds is 3. The summed E-state index contributed by atoms with van der Waals surface area (Å²) < 4.78 is 1.63. The van der Waals surface area contributed by atoms with Crippen molar-refractivity contribution in [2.75, 3.05) is 0 Å². The fourth-order valence-electron chi connectivity index (χ4n) is 1.72. The van der Waals surface area contributed by atoms with E-state index in [1.807, 2.05) is 35.7 Å². The van der Waals surface area contributed by atoms with Gasteiger partial charge in [0.2, 0.25) is 5.13 Å². The van der Waals surface area contributed by atoms with E-state index in [4.69, 9.17) is 0 Å². The summed E-state index contributed by atoms with van der Waals surface area (Å²) in [6.45, 7) is 1.53. The summed E-state index contributed by atoms with van der Waals surface area (Å²) >= 11 is 1.50. The Morgan fingerprint density at radius 3 is 2.74 bits per heavy atom.